The van der Waals surface area contributed by atoms with Crippen LogP contribution in [0.15, 0.2) is 36.4 Å². The Kier molecular flexibility index (Phi) is 5.18. The molecule has 1 saturated carbocycles. The van der Waals surface area contributed by atoms with Crippen LogP contribution in [-0.4, -0.2) is 25.0 Å². The van der Waals surface area contributed by atoms with Crippen LogP contribution in [0.4, 0.5) is 11.4 Å². The highest BCUT2D eigenvalue weighted by molar-refractivity contribution is 6.17. The average Bonchev–Trinajstić information content (AvgIpc) is 3.56. The molecule has 2 amide bonds. The van der Waals surface area contributed by atoms with Crippen LogP contribution in [-0.2, 0) is 22.4 Å². The first-order chi connectivity index (χ1) is 14.1. The predicted octanol–water partition coefficient (Wildman–Crippen LogP) is 3.94. The number of hydrogen-bond acceptors (Lipinski definition) is 4. The molecule has 0 unspecified atom stereocenters. The molecule has 4 rings (SSSR count). The molecule has 1 aliphatic heterocycles. The maximum Gasteiger partial charge on any atom is 0.240 e. The van der Waals surface area contributed by atoms with Crippen molar-refractivity contribution >= 4 is 23.2 Å². The minimum atomic E-state index is -1.01. The van der Waals surface area contributed by atoms with Crippen LogP contribution < -0.4 is 20.1 Å². The van der Waals surface area contributed by atoms with Crippen molar-refractivity contribution in [2.45, 2.75) is 39.5 Å². The molecule has 29 heavy (non-hydrogen) atoms. The van der Waals surface area contributed by atoms with Gasteiger partial charge in [-0.3, -0.25) is 9.59 Å². The lowest BCUT2D eigenvalue weighted by atomic mass is 10.0. The number of para-hydroxylation sites is 1. The summed E-state index contributed by atoms with van der Waals surface area (Å²) in [6.45, 7) is 5.12. The van der Waals surface area contributed by atoms with Crippen LogP contribution in [0.2, 0.25) is 0 Å². The van der Waals surface area contributed by atoms with Crippen molar-refractivity contribution in [2.24, 2.45) is 5.41 Å². The van der Waals surface area contributed by atoms with E-state index in [1.165, 1.54) is 0 Å². The van der Waals surface area contributed by atoms with E-state index in [2.05, 4.69) is 24.5 Å². The van der Waals surface area contributed by atoms with Crippen LogP contribution in [0.25, 0.3) is 0 Å². The van der Waals surface area contributed by atoms with Gasteiger partial charge in [0.1, 0.15) is 18.6 Å². The quantitative estimate of drug-likeness (QED) is 0.728. The van der Waals surface area contributed by atoms with Crippen LogP contribution in [0.3, 0.4) is 0 Å². The van der Waals surface area contributed by atoms with Crippen LogP contribution in [0, 0.1) is 5.41 Å². The third-order valence-corrected chi connectivity index (χ3v) is 5.66. The fourth-order valence-electron chi connectivity index (χ4n) is 3.69. The van der Waals surface area contributed by atoms with Crippen molar-refractivity contribution in [3.05, 3.63) is 47.5 Å². The van der Waals surface area contributed by atoms with E-state index in [1.54, 1.807) is 18.2 Å². The first-order valence-electron chi connectivity index (χ1n) is 10.2. The Labute approximate surface area is 170 Å². The molecule has 0 bridgehead atoms. The van der Waals surface area contributed by atoms with E-state index < -0.39 is 5.41 Å². The summed E-state index contributed by atoms with van der Waals surface area (Å²) in [5, 5.41) is 5.94. The lowest BCUT2D eigenvalue weighted by Gasteiger charge is -2.21. The number of amides is 2. The topological polar surface area (TPSA) is 76.7 Å². The zero-order valence-corrected chi connectivity index (χ0v) is 16.8. The maximum atomic E-state index is 13.1. The summed E-state index contributed by atoms with van der Waals surface area (Å²) in [5.41, 5.74) is 2.60. The summed E-state index contributed by atoms with van der Waals surface area (Å²) in [6, 6.07) is 11.3. The highest BCUT2D eigenvalue weighted by atomic mass is 16.6. The molecule has 0 aromatic heterocycles. The zero-order chi connectivity index (χ0) is 20.4. The van der Waals surface area contributed by atoms with Crippen LogP contribution in [0.5, 0.6) is 11.5 Å². The average molecular weight is 394 g/mol. The first kappa shape index (κ1) is 19.3. The van der Waals surface area contributed by atoms with Gasteiger partial charge in [0.25, 0.3) is 0 Å². The molecule has 1 heterocycles. The molecule has 6 nitrogen and oxygen atoms in total. The number of aryl methyl sites for hydroxylation is 2. The molecule has 1 aliphatic carbocycles. The lowest BCUT2D eigenvalue weighted by molar-refractivity contribution is -0.131. The Morgan fingerprint density at radius 3 is 2.14 bits per heavy atom. The van der Waals surface area contributed by atoms with Crippen molar-refractivity contribution in [3.63, 3.8) is 0 Å². The SMILES string of the molecule is CCc1cccc(CC)c1NC(=O)C1(C(=O)Nc2ccc3c(c2)OCCO3)CC1. The second-order valence-corrected chi connectivity index (χ2v) is 7.51. The van der Waals surface area contributed by atoms with Gasteiger partial charge >= 0.3 is 0 Å². The first-order valence-corrected chi connectivity index (χ1v) is 10.2. The third-order valence-electron chi connectivity index (χ3n) is 5.66. The summed E-state index contributed by atoms with van der Waals surface area (Å²) < 4.78 is 11.1. The van der Waals surface area contributed by atoms with Crippen molar-refractivity contribution in [1.82, 2.24) is 0 Å². The molecule has 2 aliphatic rings. The molecule has 2 aromatic rings. The normalized spacial score (nSPS) is 16.1. The van der Waals surface area contributed by atoms with Gasteiger partial charge in [0, 0.05) is 17.4 Å². The number of carbonyl (C=O) groups excluding carboxylic acids is 2. The van der Waals surface area contributed by atoms with Gasteiger partial charge in [-0.1, -0.05) is 32.0 Å². The van der Waals surface area contributed by atoms with E-state index in [0.29, 0.717) is 43.2 Å². The predicted molar refractivity (Wildman–Crippen MR) is 112 cm³/mol. The minimum absolute atomic E-state index is 0.233. The van der Waals surface area contributed by atoms with Crippen LogP contribution >= 0.6 is 0 Å². The van der Waals surface area contributed by atoms with Crippen molar-refractivity contribution < 1.29 is 19.1 Å². The van der Waals surface area contributed by atoms with Gasteiger partial charge < -0.3 is 20.1 Å². The number of nitrogens with one attached hydrogen (secondary N) is 2. The second-order valence-electron chi connectivity index (χ2n) is 7.51. The Morgan fingerprint density at radius 2 is 1.52 bits per heavy atom. The highest BCUT2D eigenvalue weighted by Gasteiger charge is 2.56. The fraction of sp³-hybridized carbons (Fsp3) is 0.391. The molecule has 2 N–H and O–H groups in total. The summed E-state index contributed by atoms with van der Waals surface area (Å²) in [5.74, 6) is 0.756. The summed E-state index contributed by atoms with van der Waals surface area (Å²) in [6.07, 6.45) is 2.73. The molecule has 1 fully saturated rings. The zero-order valence-electron chi connectivity index (χ0n) is 16.8. The second kappa shape index (κ2) is 7.78. The van der Waals surface area contributed by atoms with Crippen molar-refractivity contribution in [1.29, 1.82) is 0 Å². The Morgan fingerprint density at radius 1 is 0.897 bits per heavy atom. The molecule has 152 valence electrons. The maximum absolute atomic E-state index is 13.1. The van der Waals surface area contributed by atoms with E-state index in [-0.39, 0.29) is 11.8 Å². The largest absolute Gasteiger partial charge is 0.486 e. The number of rotatable bonds is 6. The van der Waals surface area contributed by atoms with E-state index in [4.69, 9.17) is 9.47 Å². The smallest absolute Gasteiger partial charge is 0.240 e. The van der Waals surface area contributed by atoms with E-state index >= 15 is 0 Å². The Balaban J connectivity index is 1.50. The molecule has 0 saturated heterocycles. The van der Waals surface area contributed by atoms with Gasteiger partial charge in [-0.2, -0.15) is 0 Å². The van der Waals surface area contributed by atoms with Gasteiger partial charge in [-0.25, -0.2) is 0 Å². The van der Waals surface area contributed by atoms with Crippen LogP contribution in [0.1, 0.15) is 37.8 Å². The van der Waals surface area contributed by atoms with E-state index in [9.17, 15) is 9.59 Å². The minimum Gasteiger partial charge on any atom is -0.486 e. The van der Waals surface area contributed by atoms with Gasteiger partial charge in [0.2, 0.25) is 11.8 Å². The molecular weight excluding hydrogens is 368 g/mol. The number of fused-ring (bicyclic) bond motifs is 1. The Hall–Kier alpha value is -3.02. The fourth-order valence-corrected chi connectivity index (χ4v) is 3.69. The third kappa shape index (κ3) is 3.67. The number of ether oxygens (including phenoxy) is 2. The summed E-state index contributed by atoms with van der Waals surface area (Å²) in [4.78, 5) is 26.0. The van der Waals surface area contributed by atoms with E-state index in [1.807, 2.05) is 18.2 Å². The molecule has 0 spiro atoms. The monoisotopic (exact) mass is 394 g/mol. The Bertz CT molecular complexity index is 928. The lowest BCUT2D eigenvalue weighted by Crippen LogP contribution is -2.36. The van der Waals surface area contributed by atoms with Crippen molar-refractivity contribution in [2.75, 3.05) is 23.8 Å². The summed E-state index contributed by atoms with van der Waals surface area (Å²) >= 11 is 0. The molecule has 0 atom stereocenters. The van der Waals surface area contributed by atoms with Crippen molar-refractivity contribution in [3.8, 4) is 11.5 Å². The van der Waals surface area contributed by atoms with E-state index in [0.717, 1.165) is 29.7 Å². The molecule has 0 radical (unpaired) electrons. The number of anilines is 2. The highest BCUT2D eigenvalue weighted by Crippen LogP contribution is 2.48. The van der Waals surface area contributed by atoms with Gasteiger partial charge in [-0.15, -0.1) is 0 Å². The van der Waals surface area contributed by atoms with Gasteiger partial charge in [0.15, 0.2) is 11.5 Å². The number of hydrogen-bond donors (Lipinski definition) is 2. The summed E-state index contributed by atoms with van der Waals surface area (Å²) in [7, 11) is 0. The van der Waals surface area contributed by atoms with Gasteiger partial charge in [0.05, 0.1) is 0 Å². The number of benzene rings is 2. The molecular formula is C23H26N2O4. The molecule has 2 aromatic carbocycles. The number of carbonyl (C=O) groups is 2. The molecule has 6 heteroatoms. The standard InChI is InChI=1S/C23H26N2O4/c1-3-15-6-5-7-16(4-2)20(15)25-22(27)23(10-11-23)21(26)24-17-8-9-18-19(14-17)29-13-12-28-18/h5-9,14H,3-4,10-13H2,1-2H3,(H,24,26)(H,25,27). The van der Waals surface area contributed by atoms with Gasteiger partial charge in [-0.05, 0) is 48.9 Å².